The molecule has 1 saturated heterocycles. The number of hydrogen-bond acceptors (Lipinski definition) is 5. The van der Waals surface area contributed by atoms with Gasteiger partial charge < -0.3 is 0 Å². The smallest absolute Gasteiger partial charge is 0.270 e. The molecule has 0 unspecified atom stereocenters. The van der Waals surface area contributed by atoms with Crippen molar-refractivity contribution >= 4 is 57.6 Å². The number of nitro groups is 1. The first kappa shape index (κ1) is 15.9. The molecule has 0 aliphatic carbocycles. The lowest BCUT2D eigenvalue weighted by molar-refractivity contribution is -0.384. The monoisotopic (exact) mass is 342 g/mol. The second-order valence-electron chi connectivity index (χ2n) is 4.30. The molecular formula is C13H11ClN2O3S2. The maximum Gasteiger partial charge on any atom is 0.270 e. The van der Waals surface area contributed by atoms with Crippen molar-refractivity contribution in [2.24, 2.45) is 0 Å². The van der Waals surface area contributed by atoms with Crippen LogP contribution in [0.5, 0.6) is 0 Å². The number of carbonyl (C=O) groups is 1. The molecule has 8 heteroatoms. The summed E-state index contributed by atoms with van der Waals surface area (Å²) in [5, 5.41) is 11.1. The summed E-state index contributed by atoms with van der Waals surface area (Å²) in [4.78, 5) is 24.5. The molecule has 2 rings (SSSR count). The standard InChI is InChI=1S/C13H11ClN2O3S2/c1-2-5-15-12(17)11(21-13(15)20)7-8-6-9(16(18)19)3-4-10(8)14/h3-4,6-7H,2,5H2,1H3/b11-7+. The topological polar surface area (TPSA) is 63.5 Å². The first-order valence-corrected chi connectivity index (χ1v) is 7.73. The minimum absolute atomic E-state index is 0.0744. The van der Waals surface area contributed by atoms with Crippen molar-refractivity contribution < 1.29 is 9.72 Å². The van der Waals surface area contributed by atoms with Gasteiger partial charge in [-0.3, -0.25) is 19.8 Å². The van der Waals surface area contributed by atoms with Gasteiger partial charge in [0, 0.05) is 29.3 Å². The SMILES string of the molecule is CCCN1C(=O)/C(=C\c2cc([N+](=O)[O-])ccc2Cl)SC1=S. The van der Waals surface area contributed by atoms with Crippen LogP contribution >= 0.6 is 35.6 Å². The molecule has 1 fully saturated rings. The first-order valence-electron chi connectivity index (χ1n) is 6.13. The molecule has 0 N–H and O–H groups in total. The van der Waals surface area contributed by atoms with Crippen LogP contribution in [0.15, 0.2) is 23.1 Å². The minimum atomic E-state index is -0.504. The van der Waals surface area contributed by atoms with E-state index in [1.807, 2.05) is 6.92 Å². The summed E-state index contributed by atoms with van der Waals surface area (Å²) < 4.78 is 0.495. The molecule has 0 aromatic heterocycles. The maximum atomic E-state index is 12.2. The Hall–Kier alpha value is -1.44. The van der Waals surface area contributed by atoms with Crippen LogP contribution in [-0.4, -0.2) is 26.6 Å². The zero-order valence-electron chi connectivity index (χ0n) is 11.0. The van der Waals surface area contributed by atoms with Gasteiger partial charge in [-0.15, -0.1) is 0 Å². The largest absolute Gasteiger partial charge is 0.293 e. The van der Waals surface area contributed by atoms with Crippen molar-refractivity contribution in [2.45, 2.75) is 13.3 Å². The van der Waals surface area contributed by atoms with E-state index in [0.717, 1.165) is 6.42 Å². The van der Waals surface area contributed by atoms with E-state index in [-0.39, 0.29) is 11.6 Å². The zero-order valence-corrected chi connectivity index (χ0v) is 13.4. The van der Waals surface area contributed by atoms with Gasteiger partial charge in [0.05, 0.1) is 9.83 Å². The average molecular weight is 343 g/mol. The number of amides is 1. The summed E-state index contributed by atoms with van der Waals surface area (Å²) in [6, 6.07) is 4.11. The lowest BCUT2D eigenvalue weighted by atomic mass is 10.2. The maximum absolute atomic E-state index is 12.2. The highest BCUT2D eigenvalue weighted by Gasteiger charge is 2.31. The van der Waals surface area contributed by atoms with Crippen LogP contribution in [0.1, 0.15) is 18.9 Å². The van der Waals surface area contributed by atoms with Crippen LogP contribution in [0.2, 0.25) is 5.02 Å². The van der Waals surface area contributed by atoms with Gasteiger partial charge in [-0.05, 0) is 18.6 Å². The van der Waals surface area contributed by atoms with Crippen molar-refractivity contribution in [1.29, 1.82) is 0 Å². The predicted octanol–water partition coefficient (Wildman–Crippen LogP) is 3.86. The second-order valence-corrected chi connectivity index (χ2v) is 6.38. The van der Waals surface area contributed by atoms with Crippen LogP contribution in [-0.2, 0) is 4.79 Å². The summed E-state index contributed by atoms with van der Waals surface area (Å²) in [7, 11) is 0. The van der Waals surface area contributed by atoms with E-state index in [4.69, 9.17) is 23.8 Å². The summed E-state index contributed by atoms with van der Waals surface area (Å²) in [5.74, 6) is -0.186. The zero-order chi connectivity index (χ0) is 15.6. The van der Waals surface area contributed by atoms with Gasteiger partial charge in [-0.2, -0.15) is 0 Å². The number of rotatable bonds is 4. The Kier molecular flexibility index (Phi) is 4.97. The van der Waals surface area contributed by atoms with Gasteiger partial charge >= 0.3 is 0 Å². The van der Waals surface area contributed by atoms with Gasteiger partial charge in [0.1, 0.15) is 4.32 Å². The van der Waals surface area contributed by atoms with E-state index in [0.29, 0.717) is 26.4 Å². The molecule has 1 amide bonds. The van der Waals surface area contributed by atoms with E-state index in [1.165, 1.54) is 34.9 Å². The van der Waals surface area contributed by atoms with E-state index in [1.54, 1.807) is 6.08 Å². The third kappa shape index (κ3) is 3.42. The van der Waals surface area contributed by atoms with E-state index in [2.05, 4.69) is 0 Å². The highest BCUT2D eigenvalue weighted by atomic mass is 35.5. The number of hydrogen-bond donors (Lipinski definition) is 0. The first-order chi connectivity index (χ1) is 9.93. The second kappa shape index (κ2) is 6.55. The van der Waals surface area contributed by atoms with Crippen molar-refractivity contribution in [2.75, 3.05) is 6.54 Å². The van der Waals surface area contributed by atoms with Crippen molar-refractivity contribution in [3.05, 3.63) is 43.8 Å². The predicted molar refractivity (Wildman–Crippen MR) is 88.3 cm³/mol. The normalized spacial score (nSPS) is 16.9. The Morgan fingerprint density at radius 2 is 2.24 bits per heavy atom. The quantitative estimate of drug-likeness (QED) is 0.360. The van der Waals surface area contributed by atoms with Crippen molar-refractivity contribution in [3.8, 4) is 0 Å². The number of halogens is 1. The number of nitro benzene ring substituents is 1. The Morgan fingerprint density at radius 3 is 2.86 bits per heavy atom. The van der Waals surface area contributed by atoms with Crippen LogP contribution in [0.25, 0.3) is 6.08 Å². The molecule has 1 aromatic carbocycles. The molecular weight excluding hydrogens is 332 g/mol. The highest BCUT2D eigenvalue weighted by molar-refractivity contribution is 8.26. The number of non-ortho nitro benzene ring substituents is 1. The molecule has 110 valence electrons. The van der Waals surface area contributed by atoms with Gasteiger partial charge in [0.2, 0.25) is 0 Å². The molecule has 0 atom stereocenters. The molecule has 1 heterocycles. The molecule has 21 heavy (non-hydrogen) atoms. The van der Waals surface area contributed by atoms with Crippen LogP contribution in [0.4, 0.5) is 5.69 Å². The van der Waals surface area contributed by atoms with Crippen molar-refractivity contribution in [3.63, 3.8) is 0 Å². The number of thiocarbonyl (C=S) groups is 1. The fourth-order valence-corrected chi connectivity index (χ4v) is 3.28. The van der Waals surface area contributed by atoms with Crippen LogP contribution < -0.4 is 0 Å². The Morgan fingerprint density at radius 1 is 1.52 bits per heavy atom. The molecule has 5 nitrogen and oxygen atoms in total. The number of thioether (sulfide) groups is 1. The number of nitrogens with zero attached hydrogens (tertiary/aromatic N) is 2. The Balaban J connectivity index is 2.36. The fraction of sp³-hybridized carbons (Fsp3) is 0.231. The summed E-state index contributed by atoms with van der Waals surface area (Å²) >= 11 is 12.4. The molecule has 0 saturated carbocycles. The van der Waals surface area contributed by atoms with Gasteiger partial charge in [-0.1, -0.05) is 42.5 Å². The fourth-order valence-electron chi connectivity index (χ4n) is 1.81. The molecule has 0 spiro atoms. The van der Waals surface area contributed by atoms with Gasteiger partial charge in [-0.25, -0.2) is 0 Å². The molecule has 1 aromatic rings. The Bertz CT molecular complexity index is 661. The molecule has 0 bridgehead atoms. The third-order valence-electron chi connectivity index (χ3n) is 2.80. The molecule has 1 aliphatic heterocycles. The summed E-state index contributed by atoms with van der Waals surface area (Å²) in [6.07, 6.45) is 2.35. The summed E-state index contributed by atoms with van der Waals surface area (Å²) in [5.41, 5.74) is 0.359. The lowest BCUT2D eigenvalue weighted by Crippen LogP contribution is -2.28. The average Bonchev–Trinajstić information content (AvgIpc) is 2.69. The summed E-state index contributed by atoms with van der Waals surface area (Å²) in [6.45, 7) is 2.52. The van der Waals surface area contributed by atoms with E-state index >= 15 is 0 Å². The molecule has 0 radical (unpaired) electrons. The highest BCUT2D eigenvalue weighted by Crippen LogP contribution is 2.34. The van der Waals surface area contributed by atoms with Gasteiger partial charge in [0.25, 0.3) is 11.6 Å². The van der Waals surface area contributed by atoms with E-state index < -0.39 is 4.92 Å². The lowest BCUT2D eigenvalue weighted by Gasteiger charge is -2.11. The third-order valence-corrected chi connectivity index (χ3v) is 4.52. The number of carbonyl (C=O) groups excluding carboxylic acids is 1. The van der Waals surface area contributed by atoms with Gasteiger partial charge in [0.15, 0.2) is 0 Å². The minimum Gasteiger partial charge on any atom is -0.293 e. The number of benzene rings is 1. The Labute approximate surface area is 136 Å². The van der Waals surface area contributed by atoms with Crippen LogP contribution in [0, 0.1) is 10.1 Å². The van der Waals surface area contributed by atoms with E-state index in [9.17, 15) is 14.9 Å². The van der Waals surface area contributed by atoms with Crippen molar-refractivity contribution in [1.82, 2.24) is 4.90 Å². The molecule has 1 aliphatic rings. The van der Waals surface area contributed by atoms with Crippen LogP contribution in [0.3, 0.4) is 0 Å².